The third-order valence-corrected chi connectivity index (χ3v) is 8.18. The molecule has 0 aliphatic carbocycles. The summed E-state index contributed by atoms with van der Waals surface area (Å²) >= 11 is 0. The minimum Gasteiger partial charge on any atom is -0.478 e. The maximum atomic E-state index is 12.5. The van der Waals surface area contributed by atoms with Crippen LogP contribution in [0.15, 0.2) is 11.1 Å². The van der Waals surface area contributed by atoms with E-state index in [2.05, 4.69) is 79.3 Å². The molecule has 0 spiro atoms. The highest BCUT2D eigenvalue weighted by atomic mass is 16.4. The second-order valence-electron chi connectivity index (χ2n) is 12.0. The lowest BCUT2D eigenvalue weighted by Crippen LogP contribution is -2.60. The second-order valence-corrected chi connectivity index (χ2v) is 12.0. The molecular formula is C24H42N2O4. The molecule has 2 aliphatic rings. The van der Waals surface area contributed by atoms with Gasteiger partial charge in [-0.1, -0.05) is 0 Å². The minimum atomic E-state index is -1.08. The summed E-state index contributed by atoms with van der Waals surface area (Å²) in [6.45, 7) is 16.9. The van der Waals surface area contributed by atoms with E-state index in [1.807, 2.05) is 0 Å². The van der Waals surface area contributed by atoms with E-state index in [1.165, 1.54) is 0 Å². The predicted molar refractivity (Wildman–Crippen MR) is 120 cm³/mol. The first kappa shape index (κ1) is 24.9. The number of hydrogen-bond acceptors (Lipinski definition) is 4. The van der Waals surface area contributed by atoms with Gasteiger partial charge >= 0.3 is 11.9 Å². The summed E-state index contributed by atoms with van der Waals surface area (Å²) in [7, 11) is 4.14. The fourth-order valence-corrected chi connectivity index (χ4v) is 6.17. The molecule has 2 fully saturated rings. The van der Waals surface area contributed by atoms with Crippen molar-refractivity contribution in [2.75, 3.05) is 14.1 Å². The van der Waals surface area contributed by atoms with Crippen molar-refractivity contribution in [1.29, 1.82) is 0 Å². The van der Waals surface area contributed by atoms with Gasteiger partial charge in [-0.3, -0.25) is 9.80 Å². The number of carboxylic acids is 2. The molecule has 2 aliphatic heterocycles. The van der Waals surface area contributed by atoms with E-state index in [-0.39, 0.29) is 45.1 Å². The molecule has 0 atom stereocenters. The predicted octanol–water partition coefficient (Wildman–Crippen LogP) is 4.25. The van der Waals surface area contributed by atoms with Gasteiger partial charge in [-0.15, -0.1) is 0 Å². The standard InChI is InChI=1S/C24H42N2O4/c1-21(2)11-15(12-22(3,4)25(21)9)17(19(27)28)18(20(29)30)16-13-23(5,6)26(10)24(7,8)14-16/h15-16H,11-14H2,1-10H3,(H,27,28)(H,29,30)/b18-17+. The molecule has 172 valence electrons. The van der Waals surface area contributed by atoms with Gasteiger partial charge in [-0.25, -0.2) is 9.59 Å². The number of piperidine rings is 2. The van der Waals surface area contributed by atoms with E-state index in [1.54, 1.807) is 0 Å². The third kappa shape index (κ3) is 4.45. The fraction of sp³-hybridized carbons (Fsp3) is 0.833. The zero-order valence-electron chi connectivity index (χ0n) is 20.6. The van der Waals surface area contributed by atoms with Crippen LogP contribution in [0, 0.1) is 11.8 Å². The summed E-state index contributed by atoms with van der Waals surface area (Å²) in [5.74, 6) is -2.74. The quantitative estimate of drug-likeness (QED) is 0.659. The largest absolute Gasteiger partial charge is 0.478 e. The van der Waals surface area contributed by atoms with E-state index < -0.39 is 11.9 Å². The first-order valence-electron chi connectivity index (χ1n) is 11.0. The van der Waals surface area contributed by atoms with Gasteiger partial charge in [0.1, 0.15) is 0 Å². The van der Waals surface area contributed by atoms with Crippen LogP contribution in [0.2, 0.25) is 0 Å². The maximum Gasteiger partial charge on any atom is 0.332 e. The SMILES string of the molecule is CN1C(C)(C)CC(/C(C(=O)O)=C(\C(=O)O)C2CC(C)(C)N(C)C(C)(C)C2)CC1(C)C. The van der Waals surface area contributed by atoms with Crippen LogP contribution in [0.4, 0.5) is 0 Å². The molecule has 2 N–H and O–H groups in total. The van der Waals surface area contributed by atoms with Crippen LogP contribution in [0.1, 0.15) is 81.1 Å². The number of rotatable bonds is 4. The van der Waals surface area contributed by atoms with Crippen molar-refractivity contribution in [2.45, 2.75) is 103 Å². The molecule has 0 saturated carbocycles. The number of nitrogens with zero attached hydrogens (tertiary/aromatic N) is 2. The van der Waals surface area contributed by atoms with Crippen molar-refractivity contribution >= 4 is 11.9 Å². The molecule has 2 saturated heterocycles. The van der Waals surface area contributed by atoms with Gasteiger partial charge in [0.25, 0.3) is 0 Å². The summed E-state index contributed by atoms with van der Waals surface area (Å²) in [4.78, 5) is 29.6. The second kappa shape index (κ2) is 7.63. The van der Waals surface area contributed by atoms with Gasteiger partial charge in [0.15, 0.2) is 0 Å². The number of carboxylic acid groups (broad SMARTS) is 2. The van der Waals surface area contributed by atoms with Crippen molar-refractivity contribution in [2.24, 2.45) is 11.8 Å². The molecule has 30 heavy (non-hydrogen) atoms. The molecule has 0 aromatic heterocycles. The van der Waals surface area contributed by atoms with Gasteiger partial charge in [-0.05, 0) is 107 Å². The van der Waals surface area contributed by atoms with E-state index in [0.717, 1.165) is 0 Å². The highest BCUT2D eigenvalue weighted by Gasteiger charge is 2.49. The van der Waals surface area contributed by atoms with Crippen LogP contribution >= 0.6 is 0 Å². The van der Waals surface area contributed by atoms with E-state index in [9.17, 15) is 19.8 Å². The smallest absolute Gasteiger partial charge is 0.332 e. The molecule has 0 amide bonds. The van der Waals surface area contributed by atoms with Gasteiger partial charge in [0, 0.05) is 22.2 Å². The number of aliphatic carboxylic acids is 2. The average Bonchev–Trinajstić information content (AvgIpc) is 2.53. The Morgan fingerprint density at radius 2 is 0.800 bits per heavy atom. The summed E-state index contributed by atoms with van der Waals surface area (Å²) in [5.41, 5.74) is -0.635. The van der Waals surface area contributed by atoms with Crippen LogP contribution in [-0.4, -0.2) is 68.2 Å². The van der Waals surface area contributed by atoms with Gasteiger partial charge in [0.05, 0.1) is 11.1 Å². The van der Waals surface area contributed by atoms with E-state index >= 15 is 0 Å². The highest BCUT2D eigenvalue weighted by Crippen LogP contribution is 2.48. The van der Waals surface area contributed by atoms with Crippen molar-refractivity contribution in [3.63, 3.8) is 0 Å². The Balaban J connectivity index is 2.63. The molecule has 6 nitrogen and oxygen atoms in total. The molecule has 0 radical (unpaired) electrons. The molecular weight excluding hydrogens is 380 g/mol. The van der Waals surface area contributed by atoms with Crippen LogP contribution in [-0.2, 0) is 9.59 Å². The monoisotopic (exact) mass is 422 g/mol. The van der Waals surface area contributed by atoms with Crippen LogP contribution in [0.5, 0.6) is 0 Å². The summed E-state index contributed by atoms with van der Waals surface area (Å²) in [6, 6.07) is 0. The Morgan fingerprint density at radius 3 is 0.967 bits per heavy atom. The average molecular weight is 423 g/mol. The Kier molecular flexibility index (Phi) is 6.32. The van der Waals surface area contributed by atoms with Crippen LogP contribution < -0.4 is 0 Å². The fourth-order valence-electron chi connectivity index (χ4n) is 6.17. The number of hydrogen-bond donors (Lipinski definition) is 2. The van der Waals surface area contributed by atoms with E-state index in [4.69, 9.17) is 0 Å². The van der Waals surface area contributed by atoms with Crippen LogP contribution in [0.25, 0.3) is 0 Å². The first-order chi connectivity index (χ1) is 13.3. The normalized spacial score (nSPS) is 28.1. The minimum absolute atomic E-state index is 0.123. The lowest BCUT2D eigenvalue weighted by molar-refractivity contribution is -0.138. The highest BCUT2D eigenvalue weighted by molar-refractivity contribution is 5.99. The van der Waals surface area contributed by atoms with Gasteiger partial charge in [0.2, 0.25) is 0 Å². The third-order valence-electron chi connectivity index (χ3n) is 8.18. The molecule has 2 rings (SSSR count). The first-order valence-corrected chi connectivity index (χ1v) is 11.0. The Hall–Kier alpha value is -1.40. The van der Waals surface area contributed by atoms with Gasteiger partial charge in [-0.2, -0.15) is 0 Å². The topological polar surface area (TPSA) is 81.1 Å². The summed E-state index contributed by atoms with van der Waals surface area (Å²) in [6.07, 6.45) is 2.52. The van der Waals surface area contributed by atoms with Crippen molar-refractivity contribution in [3.8, 4) is 0 Å². The zero-order chi connectivity index (χ0) is 23.4. The van der Waals surface area contributed by atoms with Crippen LogP contribution in [0.3, 0.4) is 0 Å². The summed E-state index contributed by atoms with van der Waals surface area (Å²) < 4.78 is 0. The molecule has 0 bridgehead atoms. The maximum absolute atomic E-state index is 12.5. The number of carbonyl (C=O) groups is 2. The van der Waals surface area contributed by atoms with Crippen molar-refractivity contribution in [1.82, 2.24) is 9.80 Å². The lowest BCUT2D eigenvalue weighted by atomic mass is 9.66. The molecule has 0 unspecified atom stereocenters. The van der Waals surface area contributed by atoms with Crippen molar-refractivity contribution < 1.29 is 19.8 Å². The lowest BCUT2D eigenvalue weighted by Gasteiger charge is -2.55. The Labute approximate surface area is 182 Å². The molecule has 6 heteroatoms. The summed E-state index contributed by atoms with van der Waals surface area (Å²) in [5, 5.41) is 20.5. The molecule has 2 heterocycles. The van der Waals surface area contributed by atoms with Gasteiger partial charge < -0.3 is 10.2 Å². The van der Waals surface area contributed by atoms with Crippen molar-refractivity contribution in [3.05, 3.63) is 11.1 Å². The zero-order valence-corrected chi connectivity index (χ0v) is 20.6. The Morgan fingerprint density at radius 1 is 0.600 bits per heavy atom. The molecule has 0 aromatic rings. The molecule has 0 aromatic carbocycles. The van der Waals surface area contributed by atoms with E-state index in [0.29, 0.717) is 25.7 Å². The Bertz CT molecular complexity index is 650. The number of likely N-dealkylation sites (tertiary alicyclic amines) is 2.